The maximum Gasteiger partial charge on any atom is 2.00 e. The third-order valence-electron chi connectivity index (χ3n) is 0. The smallest absolute Gasteiger partial charge is 0.790 e. The quantitative estimate of drug-likeness (QED) is 0.366. The van der Waals surface area contributed by atoms with Gasteiger partial charge in [-0.05, 0) is 0 Å². The molecule has 0 saturated heterocycles. The van der Waals surface area contributed by atoms with Crippen LogP contribution in [0.25, 0.3) is 0 Å². The van der Waals surface area contributed by atoms with Crippen LogP contribution in [-0.4, -0.2) is 53.8 Å². The summed E-state index contributed by atoms with van der Waals surface area (Å²) in [5.41, 5.74) is 0. The predicted octanol–water partition coefficient (Wildman–Crippen LogP) is -2.41. The minimum atomic E-state index is -5.14. The summed E-state index contributed by atoms with van der Waals surface area (Å²) in [5, 5.41) is 0. The average molecular weight is 250 g/mol. The molecule has 0 fully saturated rings. The molecule has 0 bridgehead atoms. The summed E-state index contributed by atoms with van der Waals surface area (Å²) >= 11 is 0. The zero-order chi connectivity index (χ0) is 4.50. The molecule has 0 spiro atoms. The molecule has 0 aromatic carbocycles. The molecule has 7 heavy (non-hydrogen) atoms. The van der Waals surface area contributed by atoms with Crippen LogP contribution in [0, 0.1) is 0 Å². The van der Waals surface area contributed by atoms with E-state index in [2.05, 4.69) is 0 Å². The van der Waals surface area contributed by atoms with Gasteiger partial charge in [-0.1, -0.05) is 0 Å². The minimum Gasteiger partial charge on any atom is -0.790 e. The van der Waals surface area contributed by atoms with Gasteiger partial charge in [0.15, 0.2) is 0 Å². The first-order chi connectivity index (χ1) is 2.00. The molecular formula is H4BaNO4P. The Morgan fingerprint density at radius 1 is 1.43 bits per heavy atom. The van der Waals surface area contributed by atoms with Crippen LogP contribution in [0.15, 0.2) is 0 Å². The predicted molar refractivity (Wildman–Crippen MR) is 20.6 cm³/mol. The first-order valence-corrected chi connectivity index (χ1v) is 2.24. The molecule has 0 unspecified atom stereocenters. The fraction of sp³-hybridized carbons (Fsp3) is 0. The van der Waals surface area contributed by atoms with Crippen molar-refractivity contribution >= 4 is 56.7 Å². The Morgan fingerprint density at radius 3 is 1.43 bits per heavy atom. The number of rotatable bonds is 0. The first kappa shape index (κ1) is 15.9. The van der Waals surface area contributed by atoms with E-state index < -0.39 is 7.82 Å². The second-order valence-electron chi connectivity index (χ2n) is 0.469. The third kappa shape index (κ3) is 90.3. The molecule has 0 aliphatic rings. The summed E-state index contributed by atoms with van der Waals surface area (Å²) in [7, 11) is -5.14. The van der Waals surface area contributed by atoms with E-state index in [0.29, 0.717) is 0 Å². The first-order valence-electron chi connectivity index (χ1n) is 0.748. The van der Waals surface area contributed by atoms with Gasteiger partial charge in [-0.2, -0.15) is 0 Å². The molecule has 0 saturated carbocycles. The van der Waals surface area contributed by atoms with Crippen molar-refractivity contribution < 1.29 is 19.2 Å². The van der Waals surface area contributed by atoms with Crippen molar-refractivity contribution in [2.75, 3.05) is 0 Å². The van der Waals surface area contributed by atoms with Gasteiger partial charge in [0.25, 0.3) is 0 Å². The van der Waals surface area contributed by atoms with Gasteiger partial charge in [0.2, 0.25) is 0 Å². The van der Waals surface area contributed by atoms with Gasteiger partial charge in [0, 0.05) is 0 Å². The second kappa shape index (κ2) is 5.77. The van der Waals surface area contributed by atoms with Crippen LogP contribution in [0.3, 0.4) is 0 Å². The molecule has 0 amide bonds. The Kier molecular flexibility index (Phi) is 13.1. The van der Waals surface area contributed by atoms with Crippen LogP contribution in [0.5, 0.6) is 0 Å². The van der Waals surface area contributed by atoms with Crippen molar-refractivity contribution in [1.29, 1.82) is 0 Å². The summed E-state index contributed by atoms with van der Waals surface area (Å²) in [4.78, 5) is 24.3. The van der Waals surface area contributed by atoms with Gasteiger partial charge < -0.3 is 25.4 Å². The molecule has 0 aromatic rings. The Bertz CT molecular complexity index is 57.8. The Morgan fingerprint density at radius 2 is 1.43 bits per heavy atom. The number of phosphoric acid groups is 1. The molecule has 0 aromatic heterocycles. The molecule has 40 valence electrons. The number of hydrogen-bond acceptors (Lipinski definition) is 4. The van der Waals surface area contributed by atoms with E-state index in [4.69, 9.17) is 19.2 Å². The standard InChI is InChI=1S/Ba.H3N.H3O4P/c;;1-5(2,3)4/h;1H3;(H3,1,2,3,4)/q+2;;/p-2. The van der Waals surface area contributed by atoms with Crippen LogP contribution in [0.1, 0.15) is 0 Å². The third-order valence-corrected chi connectivity index (χ3v) is 0. The fourth-order valence-electron chi connectivity index (χ4n) is 0. The van der Waals surface area contributed by atoms with E-state index in [1.54, 1.807) is 0 Å². The van der Waals surface area contributed by atoms with Crippen LogP contribution < -0.4 is 15.9 Å². The Labute approximate surface area is 81.0 Å². The van der Waals surface area contributed by atoms with Gasteiger partial charge in [0.05, 0.1) is 7.82 Å². The van der Waals surface area contributed by atoms with E-state index >= 15 is 0 Å². The number of hydrogen-bond donors (Lipinski definition) is 2. The van der Waals surface area contributed by atoms with Crippen LogP contribution in [-0.2, 0) is 4.57 Å². The van der Waals surface area contributed by atoms with Crippen molar-refractivity contribution in [2.24, 2.45) is 0 Å². The van der Waals surface area contributed by atoms with E-state index in [9.17, 15) is 0 Å². The zero-order valence-corrected chi connectivity index (χ0v) is 8.87. The monoisotopic (exact) mass is 251 g/mol. The van der Waals surface area contributed by atoms with Crippen LogP contribution in [0.2, 0.25) is 0 Å². The summed E-state index contributed by atoms with van der Waals surface area (Å²) in [6.07, 6.45) is 0. The van der Waals surface area contributed by atoms with Gasteiger partial charge in [0.1, 0.15) is 0 Å². The van der Waals surface area contributed by atoms with Gasteiger partial charge in [-0.25, -0.2) is 0 Å². The van der Waals surface area contributed by atoms with Gasteiger partial charge >= 0.3 is 48.9 Å². The van der Waals surface area contributed by atoms with E-state index in [0.717, 1.165) is 0 Å². The molecule has 4 N–H and O–H groups in total. The molecular weight excluding hydrogens is 246 g/mol. The maximum atomic E-state index is 8.66. The van der Waals surface area contributed by atoms with Gasteiger partial charge in [-0.15, -0.1) is 0 Å². The molecule has 5 nitrogen and oxygen atoms in total. The summed E-state index contributed by atoms with van der Waals surface area (Å²) in [6, 6.07) is 0. The van der Waals surface area contributed by atoms with Gasteiger partial charge in [-0.3, -0.25) is 0 Å². The molecule has 0 aliphatic carbocycles. The topological polar surface area (TPSA) is 118 Å². The van der Waals surface area contributed by atoms with Crippen molar-refractivity contribution in [3.8, 4) is 0 Å². The molecule has 0 atom stereocenters. The fourth-order valence-corrected chi connectivity index (χ4v) is 0. The zero-order valence-electron chi connectivity index (χ0n) is 3.53. The summed E-state index contributed by atoms with van der Waals surface area (Å²) in [6.45, 7) is 0. The molecule has 0 rings (SSSR count). The molecule has 0 heterocycles. The average Bonchev–Trinajstić information content (AvgIpc) is 0.722. The Balaban J connectivity index is -0.0000000800. The molecule has 0 aliphatic heterocycles. The largest absolute Gasteiger partial charge is 2.00 e. The Hall–Kier alpha value is 1.64. The SMILES string of the molecule is N.O=P([O-])([O-])O.[Ba+2]. The van der Waals surface area contributed by atoms with Crippen LogP contribution in [0.4, 0.5) is 0 Å². The van der Waals surface area contributed by atoms with Crippen molar-refractivity contribution in [1.82, 2.24) is 6.15 Å². The molecule has 7 heteroatoms. The molecule has 0 radical (unpaired) electrons. The van der Waals surface area contributed by atoms with E-state index in [-0.39, 0.29) is 55.0 Å². The normalized spacial score (nSPS) is 8.43. The summed E-state index contributed by atoms with van der Waals surface area (Å²) < 4.78 is 8.66. The minimum absolute atomic E-state index is 0. The maximum absolute atomic E-state index is 8.66. The van der Waals surface area contributed by atoms with Crippen molar-refractivity contribution in [2.45, 2.75) is 0 Å². The van der Waals surface area contributed by atoms with Crippen LogP contribution >= 0.6 is 7.82 Å². The second-order valence-corrected chi connectivity index (χ2v) is 1.41. The summed E-state index contributed by atoms with van der Waals surface area (Å²) in [5.74, 6) is 0. The van der Waals surface area contributed by atoms with Crippen molar-refractivity contribution in [3.05, 3.63) is 0 Å². The van der Waals surface area contributed by atoms with Crippen molar-refractivity contribution in [3.63, 3.8) is 0 Å². The van der Waals surface area contributed by atoms with E-state index in [1.807, 2.05) is 0 Å². The van der Waals surface area contributed by atoms with E-state index in [1.165, 1.54) is 0 Å².